The Morgan fingerprint density at radius 2 is 2.25 bits per heavy atom. The number of hydrogen-bond acceptors (Lipinski definition) is 6. The van der Waals surface area contributed by atoms with Crippen molar-refractivity contribution in [1.29, 1.82) is 0 Å². The van der Waals surface area contributed by atoms with E-state index in [0.29, 0.717) is 23.0 Å². The second-order valence-corrected chi connectivity index (χ2v) is 6.91. The second kappa shape index (κ2) is 6.18. The summed E-state index contributed by atoms with van der Waals surface area (Å²) in [6.07, 6.45) is 6.63. The zero-order chi connectivity index (χ0) is 16.7. The van der Waals surface area contributed by atoms with Crippen molar-refractivity contribution in [1.82, 2.24) is 19.5 Å². The summed E-state index contributed by atoms with van der Waals surface area (Å²) in [6, 6.07) is 0.372. The smallest absolute Gasteiger partial charge is 0.348 e. The van der Waals surface area contributed by atoms with Gasteiger partial charge in [0.15, 0.2) is 5.65 Å². The minimum Gasteiger partial charge on any atom is -0.394 e. The third-order valence-corrected chi connectivity index (χ3v) is 5.08. The summed E-state index contributed by atoms with van der Waals surface area (Å²) in [7, 11) is 0. The fourth-order valence-electron chi connectivity index (χ4n) is 3.87. The van der Waals surface area contributed by atoms with Crippen molar-refractivity contribution < 1.29 is 9.84 Å². The molecule has 2 fully saturated rings. The number of nitrogens with zero attached hydrogens (tertiary/aromatic N) is 3. The molecule has 1 saturated carbocycles. The summed E-state index contributed by atoms with van der Waals surface area (Å²) in [6.45, 7) is 2.06. The number of aliphatic hydroxyl groups is 1. The highest BCUT2D eigenvalue weighted by molar-refractivity contribution is 5.82. The van der Waals surface area contributed by atoms with E-state index in [-0.39, 0.29) is 24.9 Å². The number of imidazole rings is 1. The number of aliphatic hydroxyl groups excluding tert-OH is 1. The summed E-state index contributed by atoms with van der Waals surface area (Å²) in [5.74, 6) is 0.854. The van der Waals surface area contributed by atoms with Gasteiger partial charge in [-0.25, -0.2) is 9.78 Å². The van der Waals surface area contributed by atoms with Crippen LogP contribution in [0.2, 0.25) is 0 Å². The van der Waals surface area contributed by atoms with E-state index in [4.69, 9.17) is 4.74 Å². The van der Waals surface area contributed by atoms with E-state index in [1.54, 1.807) is 6.33 Å². The fraction of sp³-hybridized carbons (Fsp3) is 0.688. The van der Waals surface area contributed by atoms with Crippen molar-refractivity contribution in [3.8, 4) is 0 Å². The molecule has 8 heteroatoms. The number of anilines is 1. The van der Waals surface area contributed by atoms with Crippen LogP contribution in [0.4, 0.5) is 5.82 Å². The molecule has 2 aliphatic rings. The first-order chi connectivity index (χ1) is 11.7. The quantitative estimate of drug-likeness (QED) is 0.781. The molecular weight excluding hydrogens is 310 g/mol. The summed E-state index contributed by atoms with van der Waals surface area (Å²) in [5, 5.41) is 12.7. The number of fused-ring (bicyclic) bond motifs is 1. The molecule has 3 heterocycles. The number of aromatic amines is 1. The second-order valence-electron chi connectivity index (χ2n) is 6.91. The van der Waals surface area contributed by atoms with Gasteiger partial charge in [-0.15, -0.1) is 0 Å². The van der Waals surface area contributed by atoms with Crippen LogP contribution in [0.1, 0.15) is 45.3 Å². The average Bonchev–Trinajstić information content (AvgIpc) is 3.27. The van der Waals surface area contributed by atoms with Gasteiger partial charge in [0.2, 0.25) is 0 Å². The van der Waals surface area contributed by atoms with Crippen LogP contribution < -0.4 is 11.0 Å². The van der Waals surface area contributed by atoms with Gasteiger partial charge in [-0.1, -0.05) is 19.8 Å². The van der Waals surface area contributed by atoms with E-state index in [9.17, 15) is 9.90 Å². The summed E-state index contributed by atoms with van der Waals surface area (Å²) >= 11 is 0. The number of hydrogen-bond donors (Lipinski definition) is 3. The van der Waals surface area contributed by atoms with Gasteiger partial charge in [0.05, 0.1) is 19.0 Å². The van der Waals surface area contributed by atoms with E-state index in [0.717, 1.165) is 19.3 Å². The van der Waals surface area contributed by atoms with E-state index in [1.807, 2.05) is 4.57 Å². The molecule has 2 aromatic heterocycles. The van der Waals surface area contributed by atoms with Crippen molar-refractivity contribution in [2.75, 3.05) is 11.9 Å². The molecule has 0 aromatic carbocycles. The minimum atomic E-state index is -0.394. The molecule has 0 radical (unpaired) electrons. The predicted octanol–water partition coefficient (Wildman–Crippen LogP) is 1.39. The molecule has 8 nitrogen and oxygen atoms in total. The van der Waals surface area contributed by atoms with Crippen LogP contribution in [0.5, 0.6) is 0 Å². The highest BCUT2D eigenvalue weighted by Gasteiger charge is 2.34. The lowest BCUT2D eigenvalue weighted by Crippen LogP contribution is -2.22. The van der Waals surface area contributed by atoms with Crippen LogP contribution in [-0.4, -0.2) is 43.4 Å². The van der Waals surface area contributed by atoms with Crippen LogP contribution >= 0.6 is 0 Å². The van der Waals surface area contributed by atoms with Gasteiger partial charge in [0.25, 0.3) is 0 Å². The molecule has 0 amide bonds. The van der Waals surface area contributed by atoms with E-state index in [1.165, 1.54) is 12.8 Å². The normalized spacial score (nSPS) is 28.0. The van der Waals surface area contributed by atoms with Crippen LogP contribution in [0.25, 0.3) is 11.2 Å². The molecular formula is C16H23N5O3. The Kier molecular flexibility index (Phi) is 4.01. The number of aromatic nitrogens is 4. The summed E-state index contributed by atoms with van der Waals surface area (Å²) in [5.41, 5.74) is 0.786. The fourth-order valence-corrected chi connectivity index (χ4v) is 3.87. The summed E-state index contributed by atoms with van der Waals surface area (Å²) in [4.78, 5) is 23.4. The van der Waals surface area contributed by atoms with Gasteiger partial charge in [0.1, 0.15) is 17.6 Å². The molecule has 0 bridgehead atoms. The van der Waals surface area contributed by atoms with Gasteiger partial charge < -0.3 is 15.2 Å². The standard InChI is InChI=1S/C16H23N5O3/c1-9-6-11(7-22)24-15(9)21-8-17-12-13(18-10-4-2-3-5-10)19-16(23)20-14(12)21/h8-11,15,22H,2-7H2,1H3,(H2,18,19,20,23). The molecule has 3 atom stereocenters. The van der Waals surface area contributed by atoms with E-state index in [2.05, 4.69) is 27.2 Å². The van der Waals surface area contributed by atoms with Crippen LogP contribution in [0.15, 0.2) is 11.1 Å². The van der Waals surface area contributed by atoms with Crippen molar-refractivity contribution in [3.05, 3.63) is 16.8 Å². The lowest BCUT2D eigenvalue weighted by molar-refractivity contribution is -0.0294. The highest BCUT2D eigenvalue weighted by Crippen LogP contribution is 2.36. The Labute approximate surface area is 139 Å². The lowest BCUT2D eigenvalue weighted by atomic mass is 10.1. The molecule has 130 valence electrons. The zero-order valence-electron chi connectivity index (χ0n) is 13.7. The Morgan fingerprint density at radius 1 is 1.46 bits per heavy atom. The molecule has 1 aliphatic heterocycles. The molecule has 2 aromatic rings. The Hall–Kier alpha value is -1.93. The number of nitrogens with one attached hydrogen (secondary N) is 2. The van der Waals surface area contributed by atoms with Crippen molar-refractivity contribution in [2.45, 2.75) is 57.4 Å². The molecule has 1 saturated heterocycles. The van der Waals surface area contributed by atoms with Gasteiger partial charge in [-0.05, 0) is 19.3 Å². The van der Waals surface area contributed by atoms with Crippen LogP contribution in [0.3, 0.4) is 0 Å². The molecule has 1 aliphatic carbocycles. The molecule has 24 heavy (non-hydrogen) atoms. The maximum Gasteiger partial charge on any atom is 0.348 e. The first-order valence-electron chi connectivity index (χ1n) is 8.65. The third kappa shape index (κ3) is 2.69. The van der Waals surface area contributed by atoms with Gasteiger partial charge in [-0.3, -0.25) is 9.55 Å². The van der Waals surface area contributed by atoms with Crippen molar-refractivity contribution >= 4 is 17.0 Å². The Morgan fingerprint density at radius 3 is 2.96 bits per heavy atom. The first-order valence-corrected chi connectivity index (χ1v) is 8.65. The predicted molar refractivity (Wildman–Crippen MR) is 88.8 cm³/mol. The number of H-pyrrole nitrogens is 1. The summed E-state index contributed by atoms with van der Waals surface area (Å²) < 4.78 is 7.70. The minimum absolute atomic E-state index is 0.00400. The van der Waals surface area contributed by atoms with Crippen molar-refractivity contribution in [3.63, 3.8) is 0 Å². The topological polar surface area (TPSA) is 105 Å². The van der Waals surface area contributed by atoms with E-state index >= 15 is 0 Å². The number of rotatable bonds is 4. The molecule has 3 N–H and O–H groups in total. The van der Waals surface area contributed by atoms with Gasteiger partial charge >= 0.3 is 5.69 Å². The first kappa shape index (κ1) is 15.6. The largest absolute Gasteiger partial charge is 0.394 e. The van der Waals surface area contributed by atoms with Crippen LogP contribution in [0, 0.1) is 5.92 Å². The van der Waals surface area contributed by atoms with Gasteiger partial charge in [-0.2, -0.15) is 4.98 Å². The Bertz CT molecular complexity index is 780. The van der Waals surface area contributed by atoms with Crippen molar-refractivity contribution in [2.24, 2.45) is 5.92 Å². The monoisotopic (exact) mass is 333 g/mol. The maximum atomic E-state index is 12.0. The lowest BCUT2D eigenvalue weighted by Gasteiger charge is -2.17. The average molecular weight is 333 g/mol. The zero-order valence-corrected chi connectivity index (χ0v) is 13.7. The van der Waals surface area contributed by atoms with Gasteiger partial charge in [0, 0.05) is 12.0 Å². The molecule has 3 unspecified atom stereocenters. The third-order valence-electron chi connectivity index (χ3n) is 5.08. The molecule has 0 spiro atoms. The maximum absolute atomic E-state index is 12.0. The van der Waals surface area contributed by atoms with E-state index < -0.39 is 5.69 Å². The number of ether oxygens (including phenoxy) is 1. The Balaban J connectivity index is 1.71. The highest BCUT2D eigenvalue weighted by atomic mass is 16.5. The van der Waals surface area contributed by atoms with Crippen LogP contribution in [-0.2, 0) is 4.74 Å². The molecule has 4 rings (SSSR count). The SMILES string of the molecule is CC1CC(CO)OC1n1cnc2c(NC3CCCC3)[nH]c(=O)nc21.